The Hall–Kier alpha value is -2.33. The minimum Gasteiger partial charge on any atom is -0.454 e. The maximum Gasteiger partial charge on any atom is 0.329 e. The molecular weight excluding hydrogens is 470 g/mol. The number of amides is 2. The first-order valence-corrected chi connectivity index (χ1v) is 12.6. The van der Waals surface area contributed by atoms with E-state index in [2.05, 4.69) is 24.5 Å². The number of ether oxygens (including phenoxy) is 1. The van der Waals surface area contributed by atoms with Gasteiger partial charge in [-0.3, -0.25) is 19.7 Å². The number of nitro benzene ring substituents is 1. The summed E-state index contributed by atoms with van der Waals surface area (Å²) in [4.78, 5) is 47.8. The Bertz CT molecular complexity index is 884. The van der Waals surface area contributed by atoms with Crippen molar-refractivity contribution in [2.45, 2.75) is 51.6 Å². The van der Waals surface area contributed by atoms with Crippen LogP contribution in [-0.2, 0) is 14.3 Å². The first-order valence-electron chi connectivity index (χ1n) is 10.8. The lowest BCUT2D eigenvalue weighted by molar-refractivity contribution is -0.384. The van der Waals surface area contributed by atoms with E-state index in [-0.39, 0.29) is 34.6 Å². The minimum absolute atomic E-state index is 0.00219. The van der Waals surface area contributed by atoms with Crippen LogP contribution in [0, 0.1) is 22.0 Å². The Morgan fingerprint density at radius 2 is 2.03 bits per heavy atom. The maximum atomic E-state index is 12.6. The number of hydrogen-bond acceptors (Lipinski definition) is 7. The van der Waals surface area contributed by atoms with Gasteiger partial charge in [0.2, 0.25) is 0 Å². The quantitative estimate of drug-likeness (QED) is 0.286. The highest BCUT2D eigenvalue weighted by Gasteiger charge is 2.29. The second-order valence-electron chi connectivity index (χ2n) is 8.28. The number of nitro groups is 1. The largest absolute Gasteiger partial charge is 0.454 e. The average Bonchev–Trinajstić information content (AvgIpc) is 2.77. The number of thioether (sulfide) groups is 1. The number of carbonyl (C=O) groups excluding carboxylic acids is 3. The lowest BCUT2D eigenvalue weighted by Gasteiger charge is -2.34. The van der Waals surface area contributed by atoms with Crippen molar-refractivity contribution in [1.29, 1.82) is 0 Å². The van der Waals surface area contributed by atoms with Crippen molar-refractivity contribution in [3.8, 4) is 0 Å². The zero-order valence-corrected chi connectivity index (χ0v) is 20.5. The number of rotatable bonds is 10. The highest BCUT2D eigenvalue weighted by atomic mass is 35.5. The number of hydrogen-bond donors (Lipinski definition) is 2. The van der Waals surface area contributed by atoms with E-state index in [0.29, 0.717) is 17.6 Å². The molecule has 182 valence electrons. The van der Waals surface area contributed by atoms with Crippen LogP contribution in [0.2, 0.25) is 5.02 Å². The first-order chi connectivity index (χ1) is 15.6. The van der Waals surface area contributed by atoms with E-state index in [9.17, 15) is 24.5 Å². The molecule has 0 heterocycles. The van der Waals surface area contributed by atoms with Crippen LogP contribution in [0.3, 0.4) is 0 Å². The second kappa shape index (κ2) is 12.8. The molecule has 0 spiro atoms. The van der Waals surface area contributed by atoms with Crippen LogP contribution in [0.4, 0.5) is 5.69 Å². The van der Waals surface area contributed by atoms with Crippen LogP contribution in [0.15, 0.2) is 18.2 Å². The van der Waals surface area contributed by atoms with E-state index >= 15 is 0 Å². The Balaban J connectivity index is 1.96. The molecule has 0 aliphatic heterocycles. The van der Waals surface area contributed by atoms with E-state index in [1.807, 2.05) is 6.26 Å². The Morgan fingerprint density at radius 1 is 1.30 bits per heavy atom. The van der Waals surface area contributed by atoms with Gasteiger partial charge in [-0.15, -0.1) is 0 Å². The molecule has 1 aromatic carbocycles. The summed E-state index contributed by atoms with van der Waals surface area (Å²) in [6.07, 6.45) is 5.22. The van der Waals surface area contributed by atoms with Crippen LogP contribution in [-0.4, -0.2) is 53.4 Å². The summed E-state index contributed by atoms with van der Waals surface area (Å²) in [6.45, 7) is 3.84. The molecule has 0 saturated heterocycles. The van der Waals surface area contributed by atoms with Gasteiger partial charge in [-0.1, -0.05) is 38.3 Å². The van der Waals surface area contributed by atoms with Gasteiger partial charge in [0.05, 0.1) is 15.5 Å². The summed E-state index contributed by atoms with van der Waals surface area (Å²) in [6, 6.07) is 2.53. The fraction of sp³-hybridized carbons (Fsp3) is 0.591. The molecule has 1 aliphatic rings. The maximum absolute atomic E-state index is 12.6. The number of benzene rings is 1. The molecular formula is C22H30ClN3O6S. The molecule has 2 N–H and O–H groups in total. The number of nitrogens with zero attached hydrogens (tertiary/aromatic N) is 1. The number of non-ortho nitro benzene ring substituents is 1. The van der Waals surface area contributed by atoms with E-state index in [1.165, 1.54) is 17.8 Å². The van der Waals surface area contributed by atoms with Gasteiger partial charge in [0.1, 0.15) is 6.04 Å². The molecule has 1 saturated carbocycles. The molecule has 11 heteroatoms. The number of halogens is 1. The third kappa shape index (κ3) is 7.89. The Kier molecular flexibility index (Phi) is 10.4. The van der Waals surface area contributed by atoms with Gasteiger partial charge in [0, 0.05) is 18.2 Å². The molecule has 4 atom stereocenters. The molecule has 2 amide bonds. The standard InChI is InChI=1S/C22H30ClN3O6S/c1-13-5-4-6-18(14(13)2)24-20(27)12-32-22(29)19(9-10-33-3)25-21(28)16-8-7-15(26(30)31)11-17(16)23/h7-8,11,13-14,18-19H,4-6,9-10,12H2,1-3H3,(H,24,27)(H,25,28)/t13-,14+,18+,19+/m0/s1. The molecule has 1 fully saturated rings. The predicted molar refractivity (Wildman–Crippen MR) is 127 cm³/mol. The summed E-state index contributed by atoms with van der Waals surface area (Å²) in [5.41, 5.74) is -0.245. The number of carbonyl (C=O) groups is 3. The average molecular weight is 500 g/mol. The molecule has 1 aliphatic carbocycles. The summed E-state index contributed by atoms with van der Waals surface area (Å²) in [7, 11) is 0. The monoisotopic (exact) mass is 499 g/mol. The van der Waals surface area contributed by atoms with Crippen LogP contribution < -0.4 is 10.6 Å². The third-order valence-corrected chi connectivity index (χ3v) is 6.96. The number of esters is 1. The lowest BCUT2D eigenvalue weighted by atomic mass is 9.78. The topological polar surface area (TPSA) is 128 Å². The van der Waals surface area contributed by atoms with Gasteiger partial charge in [0.25, 0.3) is 17.5 Å². The van der Waals surface area contributed by atoms with Gasteiger partial charge >= 0.3 is 5.97 Å². The van der Waals surface area contributed by atoms with Gasteiger partial charge in [0.15, 0.2) is 6.61 Å². The summed E-state index contributed by atoms with van der Waals surface area (Å²) in [5, 5.41) is 16.3. The zero-order valence-electron chi connectivity index (χ0n) is 19.0. The normalized spacial score (nSPS) is 21.0. The fourth-order valence-corrected chi connectivity index (χ4v) is 4.53. The molecule has 0 unspecified atom stereocenters. The van der Waals surface area contributed by atoms with E-state index < -0.39 is 29.4 Å². The predicted octanol–water partition coefficient (Wildman–Crippen LogP) is 3.58. The molecule has 1 aromatic rings. The zero-order chi connectivity index (χ0) is 24.5. The fourth-order valence-electron chi connectivity index (χ4n) is 3.79. The summed E-state index contributed by atoms with van der Waals surface area (Å²) >= 11 is 7.50. The smallest absolute Gasteiger partial charge is 0.329 e. The molecule has 0 radical (unpaired) electrons. The van der Waals surface area contributed by atoms with Crippen molar-refractivity contribution >= 4 is 46.8 Å². The van der Waals surface area contributed by atoms with Crippen molar-refractivity contribution in [2.24, 2.45) is 11.8 Å². The summed E-state index contributed by atoms with van der Waals surface area (Å²) in [5.74, 6) is -0.328. The van der Waals surface area contributed by atoms with Crippen molar-refractivity contribution in [2.75, 3.05) is 18.6 Å². The van der Waals surface area contributed by atoms with E-state index in [4.69, 9.17) is 16.3 Å². The van der Waals surface area contributed by atoms with E-state index in [1.54, 1.807) is 0 Å². The summed E-state index contributed by atoms with van der Waals surface area (Å²) < 4.78 is 5.19. The van der Waals surface area contributed by atoms with Crippen LogP contribution in [0.25, 0.3) is 0 Å². The highest BCUT2D eigenvalue weighted by Crippen LogP contribution is 2.29. The van der Waals surface area contributed by atoms with Crippen LogP contribution in [0.1, 0.15) is 49.9 Å². The van der Waals surface area contributed by atoms with Gasteiger partial charge in [-0.2, -0.15) is 11.8 Å². The number of nitrogens with one attached hydrogen (secondary N) is 2. The molecule has 2 rings (SSSR count). The molecule has 0 aromatic heterocycles. The molecule has 9 nitrogen and oxygen atoms in total. The van der Waals surface area contributed by atoms with Gasteiger partial charge in [-0.25, -0.2) is 4.79 Å². The molecule has 0 bridgehead atoms. The molecule has 33 heavy (non-hydrogen) atoms. The SMILES string of the molecule is CSCC[C@@H](NC(=O)c1ccc([N+](=O)[O-])cc1Cl)C(=O)OCC(=O)N[C@@H]1CCC[C@H](C)[C@H]1C. The second-order valence-corrected chi connectivity index (χ2v) is 9.67. The third-order valence-electron chi connectivity index (χ3n) is 6.01. The van der Waals surface area contributed by atoms with Gasteiger partial charge < -0.3 is 15.4 Å². The van der Waals surface area contributed by atoms with Crippen molar-refractivity contribution < 1.29 is 24.0 Å². The van der Waals surface area contributed by atoms with Crippen molar-refractivity contribution in [3.63, 3.8) is 0 Å². The van der Waals surface area contributed by atoms with Crippen molar-refractivity contribution in [1.82, 2.24) is 10.6 Å². The minimum atomic E-state index is -0.988. The van der Waals surface area contributed by atoms with E-state index in [0.717, 1.165) is 31.4 Å². The van der Waals surface area contributed by atoms with Crippen molar-refractivity contribution in [3.05, 3.63) is 38.9 Å². The lowest BCUT2D eigenvalue weighted by Crippen LogP contribution is -2.46. The Morgan fingerprint density at radius 3 is 2.67 bits per heavy atom. The van der Waals surface area contributed by atoms with Crippen LogP contribution in [0.5, 0.6) is 0 Å². The Labute approximate surface area is 202 Å². The highest BCUT2D eigenvalue weighted by molar-refractivity contribution is 7.98. The van der Waals surface area contributed by atoms with Crippen LogP contribution >= 0.6 is 23.4 Å². The first kappa shape index (κ1) is 26.9. The van der Waals surface area contributed by atoms with Gasteiger partial charge in [-0.05, 0) is 42.8 Å².